The van der Waals surface area contributed by atoms with Crippen LogP contribution in [-0.4, -0.2) is 26.0 Å². The predicted octanol–water partition coefficient (Wildman–Crippen LogP) is 7.05. The third kappa shape index (κ3) is 6.55. The van der Waals surface area contributed by atoms with Crippen LogP contribution in [0.3, 0.4) is 0 Å². The maximum Gasteiger partial charge on any atom is 0.255 e. The lowest BCUT2D eigenvalue weighted by Gasteiger charge is -2.18. The fourth-order valence-corrected chi connectivity index (χ4v) is 4.98. The molecule has 1 unspecified atom stereocenters. The third-order valence-electron chi connectivity index (χ3n) is 6.11. The Kier molecular flexibility index (Phi) is 8.71. The highest BCUT2D eigenvalue weighted by Crippen LogP contribution is 2.37. The molecule has 4 aromatic carbocycles. The van der Waals surface area contributed by atoms with Gasteiger partial charge >= 0.3 is 0 Å². The highest BCUT2D eigenvalue weighted by molar-refractivity contribution is 8.00. The van der Waals surface area contributed by atoms with E-state index in [0.717, 1.165) is 21.7 Å². The lowest BCUT2D eigenvalue weighted by Crippen LogP contribution is -2.19. The Morgan fingerprint density at radius 3 is 2.16 bits per heavy atom. The Labute approximate surface area is 227 Å². The maximum absolute atomic E-state index is 13.5. The van der Waals surface area contributed by atoms with Gasteiger partial charge in [0.2, 0.25) is 5.91 Å². The summed E-state index contributed by atoms with van der Waals surface area (Å²) in [4.78, 5) is 27.2. The normalized spacial score (nSPS) is 11.4. The fraction of sp³-hybridized carbons (Fsp3) is 0.161. The second-order valence-corrected chi connectivity index (χ2v) is 9.93. The molecule has 0 heterocycles. The molecule has 0 radical (unpaired) electrons. The largest absolute Gasteiger partial charge is 0.493 e. The number of ether oxygens (including phenoxy) is 2. The molecule has 0 saturated heterocycles. The van der Waals surface area contributed by atoms with E-state index in [1.807, 2.05) is 86.6 Å². The molecule has 0 bridgehead atoms. The molecule has 6 nitrogen and oxygen atoms in total. The molecule has 2 N–H and O–H groups in total. The monoisotopic (exact) mass is 526 g/mol. The SMILES string of the molecule is COc1ccc(C(=O)Nc2cccc(SC(C(=O)Nc3ccc(C)c(C)c3)c3ccccc3)c2)cc1OC. The van der Waals surface area contributed by atoms with E-state index < -0.39 is 5.25 Å². The van der Waals surface area contributed by atoms with Gasteiger partial charge in [-0.05, 0) is 79.1 Å². The Bertz CT molecular complexity index is 1440. The average Bonchev–Trinajstić information content (AvgIpc) is 2.94. The van der Waals surface area contributed by atoms with Crippen molar-refractivity contribution >= 4 is 35.0 Å². The number of amides is 2. The van der Waals surface area contributed by atoms with Crippen molar-refractivity contribution < 1.29 is 19.1 Å². The number of methoxy groups -OCH3 is 2. The highest BCUT2D eigenvalue weighted by atomic mass is 32.2. The number of nitrogens with one attached hydrogen (secondary N) is 2. The predicted molar refractivity (Wildman–Crippen MR) is 154 cm³/mol. The Morgan fingerprint density at radius 2 is 1.45 bits per heavy atom. The summed E-state index contributed by atoms with van der Waals surface area (Å²) in [6.45, 7) is 4.07. The molecular formula is C31H30N2O4S. The van der Waals surface area contributed by atoms with Gasteiger partial charge in [-0.2, -0.15) is 0 Å². The van der Waals surface area contributed by atoms with Crippen LogP contribution in [0.4, 0.5) is 11.4 Å². The first-order valence-electron chi connectivity index (χ1n) is 12.1. The van der Waals surface area contributed by atoms with Crippen molar-refractivity contribution in [3.8, 4) is 11.5 Å². The summed E-state index contributed by atoms with van der Waals surface area (Å²) in [5.74, 6) is 0.628. The molecule has 1 atom stereocenters. The first-order chi connectivity index (χ1) is 18.4. The maximum atomic E-state index is 13.5. The second kappa shape index (κ2) is 12.3. The zero-order valence-corrected chi connectivity index (χ0v) is 22.6. The first-order valence-corrected chi connectivity index (χ1v) is 13.0. The van der Waals surface area contributed by atoms with Gasteiger partial charge in [-0.3, -0.25) is 9.59 Å². The molecule has 0 fully saturated rings. The van der Waals surface area contributed by atoms with Crippen molar-refractivity contribution in [2.75, 3.05) is 24.9 Å². The molecule has 0 aromatic heterocycles. The lowest BCUT2D eigenvalue weighted by molar-refractivity contribution is -0.115. The molecule has 2 amide bonds. The number of anilines is 2. The van der Waals surface area contributed by atoms with Crippen molar-refractivity contribution in [1.82, 2.24) is 0 Å². The molecule has 7 heteroatoms. The summed E-state index contributed by atoms with van der Waals surface area (Å²) in [6, 6.07) is 28.0. The van der Waals surface area contributed by atoms with Crippen LogP contribution >= 0.6 is 11.8 Å². The van der Waals surface area contributed by atoms with Crippen LogP contribution in [0.25, 0.3) is 0 Å². The van der Waals surface area contributed by atoms with Crippen LogP contribution in [0.5, 0.6) is 11.5 Å². The minimum Gasteiger partial charge on any atom is -0.493 e. The van der Waals surface area contributed by atoms with Crippen molar-refractivity contribution in [2.24, 2.45) is 0 Å². The van der Waals surface area contributed by atoms with E-state index >= 15 is 0 Å². The van der Waals surface area contributed by atoms with Crippen LogP contribution in [0, 0.1) is 13.8 Å². The van der Waals surface area contributed by atoms with Crippen LogP contribution in [-0.2, 0) is 4.79 Å². The van der Waals surface area contributed by atoms with Crippen LogP contribution in [0.2, 0.25) is 0 Å². The first kappa shape index (κ1) is 26.8. The number of hydrogen-bond donors (Lipinski definition) is 2. The highest BCUT2D eigenvalue weighted by Gasteiger charge is 2.23. The molecule has 4 aromatic rings. The smallest absolute Gasteiger partial charge is 0.255 e. The van der Waals surface area contributed by atoms with Crippen LogP contribution in [0.15, 0.2) is 95.9 Å². The van der Waals surface area contributed by atoms with Crippen molar-refractivity contribution in [3.63, 3.8) is 0 Å². The number of hydrogen-bond acceptors (Lipinski definition) is 5. The molecule has 0 saturated carbocycles. The topological polar surface area (TPSA) is 76.7 Å². The molecular weight excluding hydrogens is 496 g/mol. The van der Waals surface area contributed by atoms with Crippen LogP contribution < -0.4 is 20.1 Å². The number of carbonyl (C=O) groups is 2. The van der Waals surface area contributed by atoms with E-state index in [1.54, 1.807) is 25.3 Å². The quantitative estimate of drug-likeness (QED) is 0.229. The van der Waals surface area contributed by atoms with Gasteiger partial charge in [0, 0.05) is 21.8 Å². The Balaban J connectivity index is 1.54. The van der Waals surface area contributed by atoms with Crippen molar-refractivity contribution in [1.29, 1.82) is 0 Å². The molecule has 0 aliphatic heterocycles. The van der Waals surface area contributed by atoms with E-state index in [4.69, 9.17) is 9.47 Å². The molecule has 0 aliphatic carbocycles. The van der Waals surface area contributed by atoms with Gasteiger partial charge in [0.1, 0.15) is 5.25 Å². The third-order valence-corrected chi connectivity index (χ3v) is 7.35. The number of carbonyl (C=O) groups excluding carboxylic acids is 2. The van der Waals surface area contributed by atoms with E-state index in [-0.39, 0.29) is 11.8 Å². The summed E-state index contributed by atoms with van der Waals surface area (Å²) >= 11 is 1.42. The van der Waals surface area contributed by atoms with Gasteiger partial charge in [-0.1, -0.05) is 42.5 Å². The van der Waals surface area contributed by atoms with E-state index in [0.29, 0.717) is 22.7 Å². The van der Waals surface area contributed by atoms with Gasteiger partial charge < -0.3 is 20.1 Å². The van der Waals surface area contributed by atoms with Crippen molar-refractivity contribution in [2.45, 2.75) is 24.0 Å². The van der Waals surface area contributed by atoms with Crippen molar-refractivity contribution in [3.05, 3.63) is 113 Å². The minimum absolute atomic E-state index is 0.121. The van der Waals surface area contributed by atoms with E-state index in [2.05, 4.69) is 10.6 Å². The Hall–Kier alpha value is -4.23. The number of thioether (sulfide) groups is 1. The van der Waals surface area contributed by atoms with E-state index in [1.165, 1.54) is 24.4 Å². The van der Waals surface area contributed by atoms with Gasteiger partial charge in [0.05, 0.1) is 14.2 Å². The zero-order chi connectivity index (χ0) is 27.1. The summed E-state index contributed by atoms with van der Waals surface area (Å²) in [5, 5.41) is 5.51. The number of rotatable bonds is 9. The lowest BCUT2D eigenvalue weighted by atomic mass is 10.1. The standard InChI is InChI=1S/C31H30N2O4S/c1-20-13-15-25(17-21(20)2)33-31(35)29(22-9-6-5-7-10-22)38-26-12-8-11-24(19-26)32-30(34)23-14-16-27(36-3)28(18-23)37-4/h5-19,29H,1-4H3,(H,32,34)(H,33,35). The fourth-order valence-electron chi connectivity index (χ4n) is 3.89. The second-order valence-electron chi connectivity index (χ2n) is 8.75. The Morgan fingerprint density at radius 1 is 0.711 bits per heavy atom. The summed E-state index contributed by atoms with van der Waals surface area (Å²) in [7, 11) is 3.07. The average molecular weight is 527 g/mol. The molecule has 0 spiro atoms. The molecule has 194 valence electrons. The molecule has 4 rings (SSSR count). The van der Waals surface area contributed by atoms with Gasteiger partial charge in [-0.25, -0.2) is 0 Å². The van der Waals surface area contributed by atoms with Gasteiger partial charge in [-0.15, -0.1) is 11.8 Å². The minimum atomic E-state index is -0.491. The molecule has 0 aliphatic rings. The van der Waals surface area contributed by atoms with E-state index in [9.17, 15) is 9.59 Å². The zero-order valence-electron chi connectivity index (χ0n) is 21.8. The van der Waals surface area contributed by atoms with Crippen LogP contribution in [0.1, 0.15) is 32.3 Å². The summed E-state index contributed by atoms with van der Waals surface area (Å²) in [6.07, 6.45) is 0. The molecule has 38 heavy (non-hydrogen) atoms. The summed E-state index contributed by atoms with van der Waals surface area (Å²) < 4.78 is 10.6. The number of aryl methyl sites for hydroxylation is 2. The summed E-state index contributed by atoms with van der Waals surface area (Å²) in [5.41, 5.74) is 4.99. The van der Waals surface area contributed by atoms with Gasteiger partial charge in [0.25, 0.3) is 5.91 Å². The number of benzene rings is 4. The van der Waals surface area contributed by atoms with Gasteiger partial charge in [0.15, 0.2) is 11.5 Å².